The van der Waals surface area contributed by atoms with Crippen molar-refractivity contribution >= 4 is 17.5 Å². The zero-order valence-electron chi connectivity index (χ0n) is 19.8. The standard InChI is InChI=1S/C29H32N2O3/c1-2-20-11-13-21(14-12-20)28(32)30-25-10-6-9-23(17-25)27-18-24-19-31(16-15-26(24)34-27)29(33)22-7-4-3-5-8-22/h6,9-14,17-18,22H,2-5,7-8,15-16,19H2,1H3,(H,30,32). The van der Waals surface area contributed by atoms with Gasteiger partial charge in [0.1, 0.15) is 11.5 Å². The van der Waals surface area contributed by atoms with Crippen LogP contribution in [0.5, 0.6) is 0 Å². The van der Waals surface area contributed by atoms with Crippen LogP contribution in [-0.4, -0.2) is 23.3 Å². The first-order valence-corrected chi connectivity index (χ1v) is 12.5. The first-order valence-electron chi connectivity index (χ1n) is 12.5. The van der Waals surface area contributed by atoms with Gasteiger partial charge in [0, 0.05) is 47.8 Å². The van der Waals surface area contributed by atoms with Crippen LogP contribution in [0.25, 0.3) is 11.3 Å². The van der Waals surface area contributed by atoms with Crippen LogP contribution in [0.1, 0.15) is 66.3 Å². The molecule has 34 heavy (non-hydrogen) atoms. The highest BCUT2D eigenvalue weighted by atomic mass is 16.3. The second-order valence-corrected chi connectivity index (χ2v) is 9.49. The van der Waals surface area contributed by atoms with E-state index < -0.39 is 0 Å². The first-order chi connectivity index (χ1) is 16.6. The molecule has 2 aromatic carbocycles. The molecule has 1 saturated carbocycles. The molecule has 0 bridgehead atoms. The molecular weight excluding hydrogens is 424 g/mol. The summed E-state index contributed by atoms with van der Waals surface area (Å²) in [4.78, 5) is 27.7. The number of carbonyl (C=O) groups excluding carboxylic acids is 2. The number of fused-ring (bicyclic) bond motifs is 1. The van der Waals surface area contributed by atoms with Crippen molar-refractivity contribution in [1.29, 1.82) is 0 Å². The summed E-state index contributed by atoms with van der Waals surface area (Å²) in [7, 11) is 0. The Morgan fingerprint density at radius 3 is 2.59 bits per heavy atom. The summed E-state index contributed by atoms with van der Waals surface area (Å²) in [5.74, 6) is 2.12. The molecule has 5 nitrogen and oxygen atoms in total. The summed E-state index contributed by atoms with van der Waals surface area (Å²) in [5.41, 5.74) is 4.58. The number of anilines is 1. The molecule has 1 N–H and O–H groups in total. The molecule has 0 atom stereocenters. The van der Waals surface area contributed by atoms with E-state index in [-0.39, 0.29) is 11.8 Å². The van der Waals surface area contributed by atoms with Crippen molar-refractivity contribution in [3.8, 4) is 11.3 Å². The number of amides is 2. The number of aryl methyl sites for hydroxylation is 1. The van der Waals surface area contributed by atoms with Gasteiger partial charge in [-0.3, -0.25) is 9.59 Å². The van der Waals surface area contributed by atoms with E-state index in [1.54, 1.807) is 0 Å². The summed E-state index contributed by atoms with van der Waals surface area (Å²) >= 11 is 0. The van der Waals surface area contributed by atoms with Gasteiger partial charge in [-0.25, -0.2) is 0 Å². The molecule has 1 aliphatic carbocycles. The number of furan rings is 1. The molecule has 2 amide bonds. The van der Waals surface area contributed by atoms with Crippen molar-refractivity contribution in [2.75, 3.05) is 11.9 Å². The summed E-state index contributed by atoms with van der Waals surface area (Å²) in [6.45, 7) is 3.44. The largest absolute Gasteiger partial charge is 0.461 e. The molecular formula is C29H32N2O3. The lowest BCUT2D eigenvalue weighted by atomic mass is 9.88. The van der Waals surface area contributed by atoms with E-state index >= 15 is 0 Å². The fourth-order valence-electron chi connectivity index (χ4n) is 5.12. The van der Waals surface area contributed by atoms with Crippen LogP contribution in [-0.2, 0) is 24.2 Å². The van der Waals surface area contributed by atoms with E-state index in [9.17, 15) is 9.59 Å². The molecule has 2 aliphatic rings. The Kier molecular flexibility index (Phi) is 6.52. The van der Waals surface area contributed by atoms with Gasteiger partial charge in [-0.2, -0.15) is 0 Å². The monoisotopic (exact) mass is 456 g/mol. The highest BCUT2D eigenvalue weighted by Crippen LogP contribution is 2.33. The van der Waals surface area contributed by atoms with Crippen LogP contribution in [0.4, 0.5) is 5.69 Å². The molecule has 1 fully saturated rings. The molecule has 0 unspecified atom stereocenters. The highest BCUT2D eigenvalue weighted by Gasteiger charge is 2.30. The molecule has 1 aliphatic heterocycles. The van der Waals surface area contributed by atoms with Crippen LogP contribution < -0.4 is 5.32 Å². The molecule has 2 heterocycles. The van der Waals surface area contributed by atoms with Gasteiger partial charge in [0.05, 0.1) is 0 Å². The minimum absolute atomic E-state index is 0.129. The van der Waals surface area contributed by atoms with E-state index in [4.69, 9.17) is 4.42 Å². The Bertz CT molecular complexity index is 1170. The van der Waals surface area contributed by atoms with E-state index in [2.05, 4.69) is 18.3 Å². The van der Waals surface area contributed by atoms with Crippen LogP contribution in [0.15, 0.2) is 59.0 Å². The topological polar surface area (TPSA) is 62.6 Å². The van der Waals surface area contributed by atoms with E-state index in [0.29, 0.717) is 18.0 Å². The Hall–Kier alpha value is -3.34. The summed E-state index contributed by atoms with van der Waals surface area (Å²) in [6, 6.07) is 17.5. The van der Waals surface area contributed by atoms with Gasteiger partial charge < -0.3 is 14.6 Å². The van der Waals surface area contributed by atoms with Gasteiger partial charge in [-0.15, -0.1) is 0 Å². The number of benzene rings is 2. The molecule has 0 saturated heterocycles. The third-order valence-electron chi connectivity index (χ3n) is 7.16. The van der Waals surface area contributed by atoms with Crippen LogP contribution >= 0.6 is 0 Å². The number of hydrogen-bond acceptors (Lipinski definition) is 3. The molecule has 3 aromatic rings. The number of nitrogens with zero attached hydrogens (tertiary/aromatic N) is 1. The van der Waals surface area contributed by atoms with E-state index in [0.717, 1.165) is 60.6 Å². The minimum Gasteiger partial charge on any atom is -0.461 e. The van der Waals surface area contributed by atoms with Crippen LogP contribution in [0.3, 0.4) is 0 Å². The van der Waals surface area contributed by atoms with Crippen molar-refractivity contribution in [1.82, 2.24) is 4.90 Å². The van der Waals surface area contributed by atoms with Crippen LogP contribution in [0.2, 0.25) is 0 Å². The average Bonchev–Trinajstić information content (AvgIpc) is 3.32. The van der Waals surface area contributed by atoms with Crippen molar-refractivity contribution < 1.29 is 14.0 Å². The summed E-state index contributed by atoms with van der Waals surface area (Å²) in [5, 5.41) is 2.99. The normalized spacial score (nSPS) is 16.2. The average molecular weight is 457 g/mol. The van der Waals surface area contributed by atoms with Crippen LogP contribution in [0, 0.1) is 5.92 Å². The Morgan fingerprint density at radius 1 is 1.03 bits per heavy atom. The highest BCUT2D eigenvalue weighted by molar-refractivity contribution is 6.04. The van der Waals surface area contributed by atoms with Crippen molar-refractivity contribution in [2.24, 2.45) is 5.92 Å². The van der Waals surface area contributed by atoms with Gasteiger partial charge >= 0.3 is 0 Å². The van der Waals surface area contributed by atoms with Gasteiger partial charge in [0.25, 0.3) is 5.91 Å². The van der Waals surface area contributed by atoms with Gasteiger partial charge in [0.2, 0.25) is 5.91 Å². The van der Waals surface area contributed by atoms with Gasteiger partial charge in [0.15, 0.2) is 0 Å². The minimum atomic E-state index is -0.129. The number of hydrogen-bond donors (Lipinski definition) is 1. The SMILES string of the molecule is CCc1ccc(C(=O)Nc2cccc(-c3cc4c(o3)CCN(C(=O)C3CCCCC3)C4)c2)cc1. The van der Waals surface area contributed by atoms with Crippen molar-refractivity contribution in [2.45, 2.75) is 58.4 Å². The first kappa shape index (κ1) is 22.5. The molecule has 0 radical (unpaired) electrons. The van der Waals surface area contributed by atoms with Crippen molar-refractivity contribution in [3.63, 3.8) is 0 Å². The van der Waals surface area contributed by atoms with Gasteiger partial charge in [-0.1, -0.05) is 50.5 Å². The van der Waals surface area contributed by atoms with Crippen molar-refractivity contribution in [3.05, 3.63) is 77.0 Å². The smallest absolute Gasteiger partial charge is 0.255 e. The lowest BCUT2D eigenvalue weighted by Crippen LogP contribution is -2.40. The Morgan fingerprint density at radius 2 is 1.82 bits per heavy atom. The lowest BCUT2D eigenvalue weighted by Gasteiger charge is -2.31. The molecule has 5 rings (SSSR count). The maximum absolute atomic E-state index is 13.0. The van der Waals surface area contributed by atoms with E-state index in [1.165, 1.54) is 24.8 Å². The predicted octanol–water partition coefficient (Wildman–Crippen LogP) is 6.23. The lowest BCUT2D eigenvalue weighted by molar-refractivity contribution is -0.137. The van der Waals surface area contributed by atoms with Gasteiger partial charge in [-0.05, 0) is 55.2 Å². The fraction of sp³-hybridized carbons (Fsp3) is 0.379. The fourth-order valence-corrected chi connectivity index (χ4v) is 5.12. The molecule has 176 valence electrons. The Labute approximate surface area is 201 Å². The summed E-state index contributed by atoms with van der Waals surface area (Å²) in [6.07, 6.45) is 7.34. The molecule has 5 heteroatoms. The quantitative estimate of drug-likeness (QED) is 0.495. The maximum Gasteiger partial charge on any atom is 0.255 e. The maximum atomic E-state index is 13.0. The second-order valence-electron chi connectivity index (χ2n) is 9.49. The zero-order chi connectivity index (χ0) is 23.5. The zero-order valence-corrected chi connectivity index (χ0v) is 19.8. The molecule has 0 spiro atoms. The second kappa shape index (κ2) is 9.88. The Balaban J connectivity index is 1.28. The molecule has 1 aromatic heterocycles. The number of nitrogens with one attached hydrogen (secondary N) is 1. The third-order valence-corrected chi connectivity index (χ3v) is 7.16. The third kappa shape index (κ3) is 4.79. The number of carbonyl (C=O) groups is 2. The van der Waals surface area contributed by atoms with E-state index in [1.807, 2.05) is 53.4 Å². The number of rotatable bonds is 5. The predicted molar refractivity (Wildman–Crippen MR) is 134 cm³/mol. The summed E-state index contributed by atoms with van der Waals surface area (Å²) < 4.78 is 6.19.